The number of aromatic nitrogens is 6. The zero-order valence-corrected chi connectivity index (χ0v) is 66.3. The van der Waals surface area contributed by atoms with Crippen LogP contribution in [0.2, 0.25) is 0 Å². The zero-order valence-electron chi connectivity index (χ0n) is 66.3. The number of anilines is 12. The molecule has 0 bridgehead atoms. The van der Waals surface area contributed by atoms with E-state index in [9.17, 15) is 0 Å². The lowest BCUT2D eigenvalue weighted by Gasteiger charge is -2.42. The van der Waals surface area contributed by atoms with Crippen LogP contribution in [0.4, 0.5) is 68.2 Å². The van der Waals surface area contributed by atoms with Gasteiger partial charge in [0.25, 0.3) is 0 Å². The maximum Gasteiger partial charge on any atom is 0.178 e. The van der Waals surface area contributed by atoms with Gasteiger partial charge in [0.15, 0.2) is 11.3 Å². The molecule has 19 aromatic rings. The number of pyridine rings is 2. The predicted molar refractivity (Wildman–Crippen MR) is 481 cm³/mol. The third kappa shape index (κ3) is 9.58. The summed E-state index contributed by atoms with van der Waals surface area (Å²) >= 11 is 0. The minimum absolute atomic E-state index is 0.206. The summed E-state index contributed by atoms with van der Waals surface area (Å²) in [5.41, 5.74) is 35.2. The summed E-state index contributed by atoms with van der Waals surface area (Å²) in [7, 11) is 0. The van der Waals surface area contributed by atoms with E-state index in [4.69, 9.17) is 29.9 Å². The molecule has 4 aliphatic rings. The number of nitrogens with zero attached hydrogens (tertiary/aromatic N) is 10. The molecule has 0 amide bonds. The summed E-state index contributed by atoms with van der Waals surface area (Å²) in [6.45, 7) is 23.1. The Balaban J connectivity index is 0.656. The van der Waals surface area contributed by atoms with Crippen molar-refractivity contribution in [3.05, 3.63) is 359 Å². The van der Waals surface area contributed by atoms with Gasteiger partial charge in [-0.2, -0.15) is 0 Å². The first kappa shape index (κ1) is 67.7. The highest BCUT2D eigenvalue weighted by Crippen LogP contribution is 2.58. The molecule has 4 aromatic heterocycles. The lowest BCUT2D eigenvalue weighted by atomic mass is 9.73. The van der Waals surface area contributed by atoms with E-state index in [0.717, 1.165) is 132 Å². The van der Waals surface area contributed by atoms with E-state index in [0.29, 0.717) is 11.3 Å². The van der Waals surface area contributed by atoms with E-state index in [1.54, 1.807) is 0 Å². The van der Waals surface area contributed by atoms with Gasteiger partial charge in [-0.05, 0) is 211 Å². The van der Waals surface area contributed by atoms with Gasteiger partial charge in [-0.1, -0.05) is 237 Å². The zero-order chi connectivity index (χ0) is 78.2. The van der Waals surface area contributed by atoms with Crippen LogP contribution in [0.25, 0.3) is 110 Å². The predicted octanol–water partition coefficient (Wildman–Crippen LogP) is 27.7. The van der Waals surface area contributed by atoms with Crippen LogP contribution in [0.15, 0.2) is 304 Å². The maximum absolute atomic E-state index is 5.68. The van der Waals surface area contributed by atoms with Crippen LogP contribution in [-0.2, 0) is 21.7 Å². The van der Waals surface area contributed by atoms with Crippen molar-refractivity contribution < 1.29 is 0 Å². The third-order valence-electron chi connectivity index (χ3n) is 26.4. The van der Waals surface area contributed by atoms with Crippen molar-refractivity contribution >= 4 is 156 Å². The van der Waals surface area contributed by atoms with Crippen LogP contribution >= 0.6 is 0 Å². The molecule has 23 rings (SSSR count). The van der Waals surface area contributed by atoms with Crippen molar-refractivity contribution in [2.24, 2.45) is 0 Å². The van der Waals surface area contributed by atoms with Crippen molar-refractivity contribution in [2.45, 2.75) is 90.9 Å². The van der Waals surface area contributed by atoms with E-state index >= 15 is 0 Å². The molecule has 116 heavy (non-hydrogen) atoms. The van der Waals surface area contributed by atoms with Gasteiger partial charge in [-0.25, -0.2) is 29.9 Å². The topological polar surface area (TPSA) is 90.3 Å². The van der Waals surface area contributed by atoms with Crippen LogP contribution in [0, 0.1) is 13.8 Å². The molecule has 0 aliphatic carbocycles. The molecule has 10 heteroatoms. The molecule has 10 nitrogen and oxygen atoms in total. The van der Waals surface area contributed by atoms with E-state index in [1.807, 2.05) is 12.4 Å². The average molecular weight is 1490 g/mol. The van der Waals surface area contributed by atoms with E-state index in [-0.39, 0.29) is 21.7 Å². The fourth-order valence-electron chi connectivity index (χ4n) is 20.6. The van der Waals surface area contributed by atoms with Gasteiger partial charge in [0.1, 0.15) is 11.0 Å². The lowest BCUT2D eigenvalue weighted by molar-refractivity contribution is 0.632. The van der Waals surface area contributed by atoms with Gasteiger partial charge in [0, 0.05) is 89.5 Å². The number of hydrogen-bond acceptors (Lipinski definition) is 10. The first-order chi connectivity index (χ1) is 56.4. The lowest BCUT2D eigenvalue weighted by Crippen LogP contribution is -2.30. The molecule has 0 saturated carbocycles. The molecular weight excluding hydrogens is 1410 g/mol. The highest BCUT2D eigenvalue weighted by Gasteiger charge is 2.42. The quantitative estimate of drug-likeness (QED) is 0.118. The normalized spacial score (nSPS) is 15.2. The molecule has 554 valence electrons. The number of fused-ring (bicyclic) bond motifs is 22. The van der Waals surface area contributed by atoms with Crippen LogP contribution in [0.5, 0.6) is 0 Å². The molecule has 0 unspecified atom stereocenters. The smallest absolute Gasteiger partial charge is 0.178 e. The molecule has 0 atom stereocenters. The number of rotatable bonds is 6. The summed E-state index contributed by atoms with van der Waals surface area (Å²) < 4.78 is 0. The largest absolute Gasteiger partial charge is 0.310 e. The first-order valence-corrected chi connectivity index (χ1v) is 40.4. The molecule has 0 N–H and O–H groups in total. The molecule has 8 heterocycles. The number of aryl methyl sites for hydroxylation is 2. The number of para-hydroxylation sites is 8. The number of hydrogen-bond donors (Lipinski definition) is 0. The second kappa shape index (κ2) is 24.3. The Bertz CT molecular complexity index is 6910. The van der Waals surface area contributed by atoms with Crippen LogP contribution in [-0.4, -0.2) is 29.9 Å². The van der Waals surface area contributed by atoms with Gasteiger partial charge in [-0.15, -0.1) is 0 Å². The minimum Gasteiger partial charge on any atom is -0.310 e. The van der Waals surface area contributed by atoms with Gasteiger partial charge >= 0.3 is 0 Å². The second-order valence-electron chi connectivity index (χ2n) is 34.4. The Hall–Kier alpha value is -14.0. The summed E-state index contributed by atoms with van der Waals surface area (Å²) in [4.78, 5) is 42.7. The Morgan fingerprint density at radius 1 is 0.224 bits per heavy atom. The summed E-state index contributed by atoms with van der Waals surface area (Å²) in [5, 5.41) is 8.39. The molecule has 0 fully saturated rings. The SMILES string of the molecule is Cc1cc(-c2cnc3nc4c5ccc(N6c7ccccc7C(C)(C)c7ccccc76)cc5c5cc(N6c7ccccc7C(C)(C)c7ccccc76)ccc5c4nc3c2)c(C)cc1-c1cnc2nc3c4ccc(N5c6ccccc6C(C)(C)c6ccccc65)cc4c4cc(N5c6ccccc6C(C)(C)c6ccccc65)ccc4c3nc2c1. The summed E-state index contributed by atoms with van der Waals surface area (Å²) in [5.74, 6) is 0. The fraction of sp³-hybridized carbons (Fsp3) is 0.132. The minimum atomic E-state index is -0.211. The van der Waals surface area contributed by atoms with Crippen molar-refractivity contribution in [1.29, 1.82) is 0 Å². The Labute approximate surface area is 673 Å². The van der Waals surface area contributed by atoms with Crippen LogP contribution in [0.3, 0.4) is 0 Å². The maximum atomic E-state index is 5.68. The molecule has 0 saturated heterocycles. The Morgan fingerprint density at radius 3 is 0.672 bits per heavy atom. The third-order valence-corrected chi connectivity index (χ3v) is 26.4. The highest BCUT2D eigenvalue weighted by atomic mass is 15.2. The number of benzene rings is 15. The molecule has 15 aromatic carbocycles. The van der Waals surface area contributed by atoms with Gasteiger partial charge in [0.2, 0.25) is 0 Å². The monoisotopic (exact) mass is 1490 g/mol. The van der Waals surface area contributed by atoms with Gasteiger partial charge in [0.05, 0.1) is 67.6 Å². The summed E-state index contributed by atoms with van der Waals surface area (Å²) in [6, 6.07) is 108. The molecule has 0 radical (unpaired) electrons. The molecule has 4 aliphatic heterocycles. The highest BCUT2D eigenvalue weighted by molar-refractivity contribution is 6.27. The Morgan fingerprint density at radius 2 is 0.440 bits per heavy atom. The Kier molecular flexibility index (Phi) is 14.2. The van der Waals surface area contributed by atoms with Crippen molar-refractivity contribution in [3.8, 4) is 22.3 Å². The van der Waals surface area contributed by atoms with E-state index < -0.39 is 0 Å². The van der Waals surface area contributed by atoms with Crippen LogP contribution in [0.1, 0.15) is 111 Å². The van der Waals surface area contributed by atoms with Crippen molar-refractivity contribution in [3.63, 3.8) is 0 Å². The fourth-order valence-corrected chi connectivity index (χ4v) is 20.6. The average Bonchev–Trinajstić information content (AvgIpc) is 0.711. The van der Waals surface area contributed by atoms with E-state index in [1.165, 1.54) is 90.0 Å². The van der Waals surface area contributed by atoms with Gasteiger partial charge in [-0.3, -0.25) is 0 Å². The van der Waals surface area contributed by atoms with Gasteiger partial charge < -0.3 is 19.6 Å². The molecule has 0 spiro atoms. The standard InChI is InChI=1S/C106H80N10/c1-61-51-74(64-54-88-102(108-60-64)112-100-72-50-46-68(116-95-41-25-17-33-85(95)106(9,10)86-34-18-26-42-96(86)116)58-78(72)76-56-66(44-48-70(76)98(100)110-88)114-91-37-21-13-29-81(91)104(5,6)82-30-14-22-38-92(82)114)62(2)52-73(61)63-53-87-101(107-59-63)111-99-71-49-45-67(115-93-39-23-15-31-83(93)105(7,8)84-32-16-24-40-94(84)115)57-77(71)75-55-65(43-47-69(75)97(99)109-87)113-89-35-19-11-27-79(89)103(3,4)80-28-12-20-36-90(80)113/h11-60H,1-10H3. The molecular formula is C106H80N10. The van der Waals surface area contributed by atoms with E-state index in [2.05, 4.69) is 380 Å². The van der Waals surface area contributed by atoms with Crippen LogP contribution < -0.4 is 19.6 Å². The second-order valence-corrected chi connectivity index (χ2v) is 34.4. The summed E-state index contributed by atoms with van der Waals surface area (Å²) in [6.07, 6.45) is 3.93. The van der Waals surface area contributed by atoms with Crippen molar-refractivity contribution in [2.75, 3.05) is 19.6 Å². The first-order valence-electron chi connectivity index (χ1n) is 40.4. The van der Waals surface area contributed by atoms with Crippen molar-refractivity contribution in [1.82, 2.24) is 29.9 Å².